The van der Waals surface area contributed by atoms with Crippen LogP contribution in [-0.2, 0) is 24.1 Å². The van der Waals surface area contributed by atoms with Crippen molar-refractivity contribution in [1.29, 1.82) is 0 Å². The molecule has 1 N–H and O–H groups in total. The molecule has 1 unspecified atom stereocenters. The van der Waals surface area contributed by atoms with Crippen molar-refractivity contribution in [3.63, 3.8) is 0 Å². The Morgan fingerprint density at radius 3 is 2.85 bits per heavy atom. The Hall–Kier alpha value is -2.47. The van der Waals surface area contributed by atoms with Gasteiger partial charge in [-0.2, -0.15) is 0 Å². The van der Waals surface area contributed by atoms with Crippen LogP contribution in [0.3, 0.4) is 0 Å². The van der Waals surface area contributed by atoms with Crippen LogP contribution in [0.15, 0.2) is 30.3 Å². The molecule has 1 aliphatic heterocycles. The zero-order chi connectivity index (χ0) is 18.4. The van der Waals surface area contributed by atoms with Gasteiger partial charge < -0.3 is 10.0 Å². The number of hydrogen-bond donors (Lipinski definition) is 1. The van der Waals surface area contributed by atoms with Gasteiger partial charge in [0.25, 0.3) is 0 Å². The number of aliphatic carboxylic acids is 1. The molecule has 5 nitrogen and oxygen atoms in total. The molecule has 1 aromatic carbocycles. The summed E-state index contributed by atoms with van der Waals surface area (Å²) < 4.78 is 0. The summed E-state index contributed by atoms with van der Waals surface area (Å²) in [6.45, 7) is 0.748. The lowest BCUT2D eigenvalue weighted by atomic mass is 10.1. The number of nitrogens with zero attached hydrogens (tertiary/aromatic N) is 3. The highest BCUT2D eigenvalue weighted by Crippen LogP contribution is 2.42. The second-order valence-corrected chi connectivity index (χ2v) is 8.44. The molecule has 138 valence electrons. The fourth-order valence-corrected chi connectivity index (χ4v) is 5.64. The number of rotatable bonds is 4. The number of anilines is 1. The van der Waals surface area contributed by atoms with Crippen molar-refractivity contribution in [1.82, 2.24) is 9.97 Å². The molecule has 1 aliphatic carbocycles. The normalized spacial score (nSPS) is 19.0. The van der Waals surface area contributed by atoms with E-state index in [9.17, 15) is 9.90 Å². The first-order chi connectivity index (χ1) is 13.2. The molecule has 2 aliphatic rings. The van der Waals surface area contributed by atoms with Gasteiger partial charge in [-0.25, -0.2) is 14.8 Å². The van der Waals surface area contributed by atoms with Gasteiger partial charge in [0.1, 0.15) is 22.5 Å². The Morgan fingerprint density at radius 1 is 1.19 bits per heavy atom. The molecule has 5 rings (SSSR count). The summed E-state index contributed by atoms with van der Waals surface area (Å²) >= 11 is 1.77. The second-order valence-electron chi connectivity index (χ2n) is 7.35. The Labute approximate surface area is 161 Å². The van der Waals surface area contributed by atoms with E-state index in [4.69, 9.17) is 9.97 Å². The molecule has 6 heteroatoms. The van der Waals surface area contributed by atoms with Gasteiger partial charge in [-0.1, -0.05) is 30.3 Å². The minimum Gasteiger partial charge on any atom is -0.480 e. The van der Waals surface area contributed by atoms with Crippen LogP contribution in [0, 0.1) is 0 Å². The molecule has 3 heterocycles. The average molecular weight is 379 g/mol. The van der Waals surface area contributed by atoms with Crippen LogP contribution in [-0.4, -0.2) is 33.6 Å². The van der Waals surface area contributed by atoms with Crippen LogP contribution in [0.5, 0.6) is 0 Å². The Balaban J connectivity index is 1.65. The second kappa shape index (κ2) is 6.60. The number of benzene rings is 1. The van der Waals surface area contributed by atoms with Crippen molar-refractivity contribution in [2.75, 3.05) is 11.4 Å². The quantitative estimate of drug-likeness (QED) is 0.746. The highest BCUT2D eigenvalue weighted by molar-refractivity contribution is 7.19. The number of hydrogen-bond acceptors (Lipinski definition) is 5. The first-order valence-electron chi connectivity index (χ1n) is 9.55. The van der Waals surface area contributed by atoms with Crippen molar-refractivity contribution in [3.8, 4) is 0 Å². The van der Waals surface area contributed by atoms with Crippen molar-refractivity contribution in [2.45, 2.75) is 44.6 Å². The first-order valence-corrected chi connectivity index (χ1v) is 10.4. The maximum atomic E-state index is 11.8. The summed E-state index contributed by atoms with van der Waals surface area (Å²) in [4.78, 5) is 26.0. The van der Waals surface area contributed by atoms with E-state index in [1.807, 2.05) is 23.1 Å². The molecule has 1 fully saturated rings. The average Bonchev–Trinajstić information content (AvgIpc) is 3.37. The summed E-state index contributed by atoms with van der Waals surface area (Å²) in [5.74, 6) is 0.866. The van der Waals surface area contributed by atoms with Crippen LogP contribution in [0.25, 0.3) is 10.2 Å². The molecular formula is C21H21N3O2S. The van der Waals surface area contributed by atoms with Gasteiger partial charge in [0.05, 0.1) is 5.39 Å². The number of thiophene rings is 1. The minimum atomic E-state index is -0.754. The number of fused-ring (bicyclic) bond motifs is 3. The maximum absolute atomic E-state index is 11.8. The number of carboxylic acid groups (broad SMARTS) is 1. The minimum absolute atomic E-state index is 0.482. The van der Waals surface area contributed by atoms with E-state index >= 15 is 0 Å². The predicted molar refractivity (Wildman–Crippen MR) is 107 cm³/mol. The van der Waals surface area contributed by atoms with E-state index in [1.54, 1.807) is 11.3 Å². The van der Waals surface area contributed by atoms with Gasteiger partial charge in [-0.3, -0.25) is 0 Å². The molecule has 27 heavy (non-hydrogen) atoms. The smallest absolute Gasteiger partial charge is 0.326 e. The van der Waals surface area contributed by atoms with E-state index in [0.717, 1.165) is 47.7 Å². The lowest BCUT2D eigenvalue weighted by Gasteiger charge is -2.24. The van der Waals surface area contributed by atoms with Crippen LogP contribution < -0.4 is 4.90 Å². The van der Waals surface area contributed by atoms with E-state index < -0.39 is 12.0 Å². The van der Waals surface area contributed by atoms with Crippen molar-refractivity contribution < 1.29 is 9.90 Å². The SMILES string of the molecule is O=C(O)C1CCCN1c1nc(Cc2ccccc2)nc2sc3c(c12)CCC3. The van der Waals surface area contributed by atoms with E-state index in [-0.39, 0.29) is 0 Å². The Morgan fingerprint density at radius 2 is 2.04 bits per heavy atom. The summed E-state index contributed by atoms with van der Waals surface area (Å²) in [5, 5.41) is 10.8. The zero-order valence-electron chi connectivity index (χ0n) is 15.0. The van der Waals surface area contributed by atoms with Gasteiger partial charge in [-0.15, -0.1) is 11.3 Å². The van der Waals surface area contributed by atoms with Gasteiger partial charge >= 0.3 is 5.97 Å². The summed E-state index contributed by atoms with van der Waals surface area (Å²) in [7, 11) is 0. The van der Waals surface area contributed by atoms with Gasteiger partial charge in [0.15, 0.2) is 0 Å². The van der Waals surface area contributed by atoms with Gasteiger partial charge in [0, 0.05) is 17.8 Å². The lowest BCUT2D eigenvalue weighted by Crippen LogP contribution is -2.36. The monoisotopic (exact) mass is 379 g/mol. The van der Waals surface area contributed by atoms with Crippen LogP contribution in [0.1, 0.15) is 41.1 Å². The third kappa shape index (κ3) is 2.88. The molecule has 0 spiro atoms. The molecule has 2 aromatic heterocycles. The molecule has 1 saturated heterocycles. The summed E-state index contributed by atoms with van der Waals surface area (Å²) in [6.07, 6.45) is 5.56. The lowest BCUT2D eigenvalue weighted by molar-refractivity contribution is -0.138. The largest absolute Gasteiger partial charge is 0.480 e. The van der Waals surface area contributed by atoms with Crippen molar-refractivity contribution in [3.05, 3.63) is 52.2 Å². The van der Waals surface area contributed by atoms with Crippen LogP contribution in [0.4, 0.5) is 5.82 Å². The summed E-state index contributed by atoms with van der Waals surface area (Å²) in [5.41, 5.74) is 2.52. The van der Waals surface area contributed by atoms with Crippen molar-refractivity contribution in [2.24, 2.45) is 0 Å². The zero-order valence-corrected chi connectivity index (χ0v) is 15.8. The number of aromatic nitrogens is 2. The van der Waals surface area contributed by atoms with E-state index in [1.165, 1.54) is 22.4 Å². The molecule has 3 aromatic rings. The Kier molecular flexibility index (Phi) is 4.08. The highest BCUT2D eigenvalue weighted by atomic mass is 32.1. The van der Waals surface area contributed by atoms with Crippen molar-refractivity contribution >= 4 is 33.3 Å². The fraction of sp³-hybridized carbons (Fsp3) is 0.381. The maximum Gasteiger partial charge on any atom is 0.326 e. The summed E-state index contributed by atoms with van der Waals surface area (Å²) in [6, 6.07) is 9.73. The van der Waals surface area contributed by atoms with Gasteiger partial charge in [0.2, 0.25) is 0 Å². The molecule has 1 atom stereocenters. The molecule has 0 bridgehead atoms. The number of carbonyl (C=O) groups is 1. The third-order valence-corrected chi connectivity index (χ3v) is 6.79. The first kappa shape index (κ1) is 16.7. The highest BCUT2D eigenvalue weighted by Gasteiger charge is 2.34. The molecule has 0 saturated carbocycles. The molecule has 0 radical (unpaired) electrons. The third-order valence-electron chi connectivity index (χ3n) is 5.61. The topological polar surface area (TPSA) is 66.3 Å². The van der Waals surface area contributed by atoms with E-state index in [0.29, 0.717) is 12.8 Å². The van der Waals surface area contributed by atoms with E-state index in [2.05, 4.69) is 12.1 Å². The Bertz CT molecular complexity index is 1020. The van der Waals surface area contributed by atoms with Gasteiger partial charge in [-0.05, 0) is 43.2 Å². The predicted octanol–water partition coefficient (Wildman–Crippen LogP) is 3.82. The molecule has 0 amide bonds. The number of aryl methyl sites for hydroxylation is 2. The number of carboxylic acids is 1. The molecular weight excluding hydrogens is 358 g/mol. The fourth-order valence-electron chi connectivity index (χ4n) is 4.36. The van der Waals surface area contributed by atoms with Crippen LogP contribution >= 0.6 is 11.3 Å². The standard InChI is InChI=1S/C21H21N3O2S/c25-21(26)15-9-5-11-24(15)19-18-14-8-4-10-16(14)27-20(18)23-17(22-19)12-13-6-2-1-3-7-13/h1-3,6-7,15H,4-5,8-12H2,(H,25,26). The van der Waals surface area contributed by atoms with Crippen LogP contribution in [0.2, 0.25) is 0 Å².